The molecule has 10 heavy (non-hydrogen) atoms. The van der Waals surface area contributed by atoms with Crippen molar-refractivity contribution in [1.82, 2.24) is 0 Å². The van der Waals surface area contributed by atoms with Gasteiger partial charge in [0.1, 0.15) is 0 Å². The molecule has 60 valence electrons. The van der Waals surface area contributed by atoms with Gasteiger partial charge in [0.05, 0.1) is 0 Å². The molecule has 0 aromatic carbocycles. The molecule has 2 unspecified atom stereocenters. The molecule has 0 aliphatic heterocycles. The van der Waals surface area contributed by atoms with Crippen LogP contribution in [-0.2, 0) is 0 Å². The van der Waals surface area contributed by atoms with E-state index >= 15 is 0 Å². The predicted octanol–water partition coefficient (Wildman–Crippen LogP) is 3.30. The van der Waals surface area contributed by atoms with Gasteiger partial charge in [-0.15, -0.1) is 11.6 Å². The quantitative estimate of drug-likeness (QED) is 0.517. The summed E-state index contributed by atoms with van der Waals surface area (Å²) in [4.78, 5) is 0. The first-order chi connectivity index (χ1) is 4.55. The lowest BCUT2D eigenvalue weighted by Gasteiger charge is -2.15. The van der Waals surface area contributed by atoms with E-state index in [4.69, 9.17) is 11.6 Å². The summed E-state index contributed by atoms with van der Waals surface area (Å²) in [5, 5.41) is 0. The number of hydrogen-bond donors (Lipinski definition) is 0. The molecule has 2 atom stereocenters. The largest absolute Gasteiger partial charge is 0.126 e. The molecule has 0 spiro atoms. The van der Waals surface area contributed by atoms with E-state index in [0.717, 1.165) is 17.7 Å². The third-order valence-electron chi connectivity index (χ3n) is 2.69. The van der Waals surface area contributed by atoms with Gasteiger partial charge in [-0.25, -0.2) is 0 Å². The summed E-state index contributed by atoms with van der Waals surface area (Å²) in [6.45, 7) is 7.01. The van der Waals surface area contributed by atoms with Crippen molar-refractivity contribution in [2.75, 3.05) is 5.88 Å². The van der Waals surface area contributed by atoms with Crippen molar-refractivity contribution >= 4 is 11.6 Å². The van der Waals surface area contributed by atoms with Crippen LogP contribution in [0.5, 0.6) is 0 Å². The second-order valence-corrected chi connectivity index (χ2v) is 4.77. The van der Waals surface area contributed by atoms with Crippen LogP contribution in [0.4, 0.5) is 0 Å². The van der Waals surface area contributed by atoms with Crippen LogP contribution in [0, 0.1) is 17.3 Å². The number of alkyl halides is 1. The Kier molecular flexibility index (Phi) is 2.29. The first-order valence-electron chi connectivity index (χ1n) is 4.11. The van der Waals surface area contributed by atoms with Crippen molar-refractivity contribution < 1.29 is 0 Å². The minimum absolute atomic E-state index is 0.555. The summed E-state index contributed by atoms with van der Waals surface area (Å²) < 4.78 is 0. The van der Waals surface area contributed by atoms with Gasteiger partial charge in [-0.2, -0.15) is 0 Å². The van der Waals surface area contributed by atoms with E-state index in [-0.39, 0.29) is 0 Å². The van der Waals surface area contributed by atoms with Crippen LogP contribution >= 0.6 is 11.6 Å². The van der Waals surface area contributed by atoms with Crippen LogP contribution < -0.4 is 0 Å². The first kappa shape index (κ1) is 8.39. The maximum Gasteiger partial charge on any atom is 0.0254 e. The van der Waals surface area contributed by atoms with Gasteiger partial charge in [0.15, 0.2) is 0 Å². The zero-order chi connectivity index (χ0) is 7.78. The van der Waals surface area contributed by atoms with E-state index in [9.17, 15) is 0 Å². The average Bonchev–Trinajstić information content (AvgIpc) is 2.05. The normalized spacial score (nSPS) is 38.4. The predicted molar refractivity (Wildman–Crippen MR) is 46.4 cm³/mol. The molecule has 1 saturated carbocycles. The second kappa shape index (κ2) is 2.73. The molecule has 0 aromatic rings. The highest BCUT2D eigenvalue weighted by Gasteiger charge is 2.35. The van der Waals surface area contributed by atoms with Crippen molar-refractivity contribution in [3.63, 3.8) is 0 Å². The molecule has 0 amide bonds. The SMILES string of the molecule is CC1CC(C)(C)CC1CCl. The summed E-state index contributed by atoms with van der Waals surface area (Å²) >= 11 is 5.83. The number of hydrogen-bond acceptors (Lipinski definition) is 0. The Morgan fingerprint density at radius 3 is 2.20 bits per heavy atom. The van der Waals surface area contributed by atoms with E-state index in [0.29, 0.717) is 5.41 Å². The van der Waals surface area contributed by atoms with E-state index in [1.807, 2.05) is 0 Å². The maximum atomic E-state index is 5.83. The topological polar surface area (TPSA) is 0 Å². The lowest BCUT2D eigenvalue weighted by molar-refractivity contribution is 0.363. The van der Waals surface area contributed by atoms with Crippen LogP contribution in [0.2, 0.25) is 0 Å². The molecule has 0 saturated heterocycles. The molecule has 0 aromatic heterocycles. The molecule has 1 rings (SSSR count). The van der Waals surface area contributed by atoms with Gasteiger partial charge in [-0.05, 0) is 30.1 Å². The van der Waals surface area contributed by atoms with Gasteiger partial charge in [0.2, 0.25) is 0 Å². The molecular formula is C9H17Cl. The lowest BCUT2D eigenvalue weighted by Crippen LogP contribution is -2.06. The molecule has 1 heteroatoms. The van der Waals surface area contributed by atoms with Crippen molar-refractivity contribution in [2.45, 2.75) is 33.6 Å². The highest BCUT2D eigenvalue weighted by atomic mass is 35.5. The molecule has 0 radical (unpaired) electrons. The van der Waals surface area contributed by atoms with E-state index in [2.05, 4.69) is 20.8 Å². The van der Waals surface area contributed by atoms with Gasteiger partial charge < -0.3 is 0 Å². The zero-order valence-corrected chi connectivity index (χ0v) is 7.91. The van der Waals surface area contributed by atoms with Gasteiger partial charge >= 0.3 is 0 Å². The van der Waals surface area contributed by atoms with Crippen LogP contribution in [0.1, 0.15) is 33.6 Å². The molecule has 0 heterocycles. The Morgan fingerprint density at radius 1 is 1.40 bits per heavy atom. The van der Waals surface area contributed by atoms with Crippen LogP contribution in [-0.4, -0.2) is 5.88 Å². The van der Waals surface area contributed by atoms with Crippen LogP contribution in [0.3, 0.4) is 0 Å². The summed E-state index contributed by atoms with van der Waals surface area (Å²) in [6, 6.07) is 0. The first-order valence-corrected chi connectivity index (χ1v) is 4.64. The van der Waals surface area contributed by atoms with E-state index in [1.54, 1.807) is 0 Å². The molecule has 0 bridgehead atoms. The Morgan fingerprint density at radius 2 is 2.00 bits per heavy atom. The van der Waals surface area contributed by atoms with Gasteiger partial charge in [-0.1, -0.05) is 20.8 Å². The smallest absolute Gasteiger partial charge is 0.0254 e. The standard InChI is InChI=1S/C9H17Cl/c1-7-4-9(2,3)5-8(7)6-10/h7-8H,4-6H2,1-3H3. The minimum Gasteiger partial charge on any atom is -0.126 e. The van der Waals surface area contributed by atoms with Crippen molar-refractivity contribution in [3.05, 3.63) is 0 Å². The fourth-order valence-corrected chi connectivity index (χ4v) is 2.65. The molecule has 1 aliphatic rings. The second-order valence-electron chi connectivity index (χ2n) is 4.46. The Labute approximate surface area is 69.0 Å². The minimum atomic E-state index is 0.555. The number of halogens is 1. The summed E-state index contributed by atoms with van der Waals surface area (Å²) in [5.41, 5.74) is 0.555. The summed E-state index contributed by atoms with van der Waals surface area (Å²) in [7, 11) is 0. The number of rotatable bonds is 1. The molecule has 0 nitrogen and oxygen atoms in total. The summed E-state index contributed by atoms with van der Waals surface area (Å²) in [5.74, 6) is 2.47. The van der Waals surface area contributed by atoms with Gasteiger partial charge in [0.25, 0.3) is 0 Å². The summed E-state index contributed by atoms with van der Waals surface area (Å²) in [6.07, 6.45) is 2.67. The molecule has 0 N–H and O–H groups in total. The highest BCUT2D eigenvalue weighted by Crippen LogP contribution is 2.44. The van der Waals surface area contributed by atoms with Crippen LogP contribution in [0.15, 0.2) is 0 Å². The van der Waals surface area contributed by atoms with Crippen molar-refractivity contribution in [3.8, 4) is 0 Å². The highest BCUT2D eigenvalue weighted by molar-refractivity contribution is 6.18. The fraction of sp³-hybridized carbons (Fsp3) is 1.00. The van der Waals surface area contributed by atoms with E-state index < -0.39 is 0 Å². The van der Waals surface area contributed by atoms with Crippen LogP contribution in [0.25, 0.3) is 0 Å². The molecular weight excluding hydrogens is 144 g/mol. The van der Waals surface area contributed by atoms with Crippen molar-refractivity contribution in [1.29, 1.82) is 0 Å². The fourth-order valence-electron chi connectivity index (χ4n) is 2.24. The third-order valence-corrected chi connectivity index (χ3v) is 3.09. The van der Waals surface area contributed by atoms with Gasteiger partial charge in [-0.3, -0.25) is 0 Å². The third kappa shape index (κ3) is 1.66. The lowest BCUT2D eigenvalue weighted by atomic mass is 9.91. The maximum absolute atomic E-state index is 5.83. The Hall–Kier alpha value is 0.290. The average molecular weight is 161 g/mol. The molecule has 1 aliphatic carbocycles. The Bertz CT molecular complexity index is 118. The van der Waals surface area contributed by atoms with Gasteiger partial charge in [0, 0.05) is 5.88 Å². The molecule has 1 fully saturated rings. The zero-order valence-electron chi connectivity index (χ0n) is 7.15. The Balaban J connectivity index is 2.52. The van der Waals surface area contributed by atoms with E-state index in [1.165, 1.54) is 12.8 Å². The van der Waals surface area contributed by atoms with Crippen molar-refractivity contribution in [2.24, 2.45) is 17.3 Å². The monoisotopic (exact) mass is 160 g/mol.